The minimum atomic E-state index is -0.171. The zero-order valence-corrected chi connectivity index (χ0v) is 9.10. The lowest BCUT2D eigenvalue weighted by atomic mass is 9.79. The van der Waals surface area contributed by atoms with Crippen molar-refractivity contribution >= 4 is 0 Å². The Balaban J connectivity index is 3.06. The fraction of sp³-hybridized carbons (Fsp3) is 0.500. The third-order valence-corrected chi connectivity index (χ3v) is 2.69. The van der Waals surface area contributed by atoms with E-state index in [0.717, 1.165) is 12.0 Å². The molecule has 0 amide bonds. The zero-order valence-electron chi connectivity index (χ0n) is 9.10. The predicted octanol–water partition coefficient (Wildman–Crippen LogP) is 2.76. The molecular formula is C12H18FN. The van der Waals surface area contributed by atoms with Crippen LogP contribution in [-0.4, -0.2) is 6.54 Å². The van der Waals surface area contributed by atoms with E-state index in [1.54, 1.807) is 6.07 Å². The molecule has 2 heteroatoms. The molecule has 1 nitrogen and oxygen atoms in total. The Kier molecular flexibility index (Phi) is 3.27. The van der Waals surface area contributed by atoms with Crippen LogP contribution in [0.2, 0.25) is 0 Å². The van der Waals surface area contributed by atoms with Gasteiger partial charge in [0.15, 0.2) is 0 Å². The molecule has 0 bridgehead atoms. The molecule has 0 aliphatic carbocycles. The first-order valence-corrected chi connectivity index (χ1v) is 4.94. The summed E-state index contributed by atoms with van der Waals surface area (Å²) < 4.78 is 12.9. The van der Waals surface area contributed by atoms with E-state index >= 15 is 0 Å². The van der Waals surface area contributed by atoms with Crippen LogP contribution in [0.3, 0.4) is 0 Å². The van der Waals surface area contributed by atoms with Crippen LogP contribution in [0.15, 0.2) is 18.2 Å². The Morgan fingerprint density at radius 2 is 2.00 bits per heavy atom. The summed E-state index contributed by atoms with van der Waals surface area (Å²) in [6.07, 6.45) is 0.916. The summed E-state index contributed by atoms with van der Waals surface area (Å²) in [7, 11) is 0. The van der Waals surface area contributed by atoms with Gasteiger partial charge in [0.25, 0.3) is 0 Å². The van der Waals surface area contributed by atoms with Gasteiger partial charge in [-0.2, -0.15) is 0 Å². The summed E-state index contributed by atoms with van der Waals surface area (Å²) in [5.41, 5.74) is 7.78. The standard InChI is InChI=1S/C12H18FN/c1-9-8-10(13)4-5-11(9)12(2,3)6-7-14/h4-5,8H,6-7,14H2,1-3H3. The second-order valence-corrected chi connectivity index (χ2v) is 4.38. The lowest BCUT2D eigenvalue weighted by molar-refractivity contribution is 0.483. The van der Waals surface area contributed by atoms with Crippen molar-refractivity contribution in [2.24, 2.45) is 5.73 Å². The van der Waals surface area contributed by atoms with E-state index in [0.29, 0.717) is 6.54 Å². The maximum atomic E-state index is 12.9. The summed E-state index contributed by atoms with van der Waals surface area (Å²) in [5, 5.41) is 0. The largest absolute Gasteiger partial charge is 0.330 e. The van der Waals surface area contributed by atoms with Gasteiger partial charge in [-0.25, -0.2) is 4.39 Å². The van der Waals surface area contributed by atoms with Gasteiger partial charge in [-0.3, -0.25) is 0 Å². The van der Waals surface area contributed by atoms with Crippen molar-refractivity contribution in [2.75, 3.05) is 6.54 Å². The molecule has 1 rings (SSSR count). The summed E-state index contributed by atoms with van der Waals surface area (Å²) >= 11 is 0. The summed E-state index contributed by atoms with van der Waals surface area (Å²) in [6.45, 7) is 6.88. The molecule has 0 saturated heterocycles. The number of halogens is 1. The van der Waals surface area contributed by atoms with E-state index in [9.17, 15) is 4.39 Å². The van der Waals surface area contributed by atoms with Crippen LogP contribution in [0.5, 0.6) is 0 Å². The van der Waals surface area contributed by atoms with Crippen LogP contribution in [0.1, 0.15) is 31.4 Å². The van der Waals surface area contributed by atoms with Crippen molar-refractivity contribution in [1.29, 1.82) is 0 Å². The average molecular weight is 195 g/mol. The molecule has 0 fully saturated rings. The summed E-state index contributed by atoms with van der Waals surface area (Å²) in [4.78, 5) is 0. The number of rotatable bonds is 3. The molecule has 0 aliphatic heterocycles. The quantitative estimate of drug-likeness (QED) is 0.788. The van der Waals surface area contributed by atoms with E-state index in [2.05, 4.69) is 13.8 Å². The molecular weight excluding hydrogens is 177 g/mol. The van der Waals surface area contributed by atoms with Gasteiger partial charge >= 0.3 is 0 Å². The molecule has 1 aromatic carbocycles. The fourth-order valence-electron chi connectivity index (χ4n) is 1.88. The molecule has 78 valence electrons. The van der Waals surface area contributed by atoms with Gasteiger partial charge < -0.3 is 5.73 Å². The Hall–Kier alpha value is -0.890. The first kappa shape index (κ1) is 11.2. The van der Waals surface area contributed by atoms with Crippen molar-refractivity contribution in [3.8, 4) is 0 Å². The summed E-state index contributed by atoms with van der Waals surface area (Å²) in [5.74, 6) is -0.171. The van der Waals surface area contributed by atoms with Crippen molar-refractivity contribution in [3.63, 3.8) is 0 Å². The SMILES string of the molecule is Cc1cc(F)ccc1C(C)(C)CCN. The van der Waals surface area contributed by atoms with Crippen LogP contribution >= 0.6 is 0 Å². The number of hydrogen-bond acceptors (Lipinski definition) is 1. The topological polar surface area (TPSA) is 26.0 Å². The van der Waals surface area contributed by atoms with Gasteiger partial charge in [-0.1, -0.05) is 19.9 Å². The third-order valence-electron chi connectivity index (χ3n) is 2.69. The van der Waals surface area contributed by atoms with Crippen molar-refractivity contribution in [2.45, 2.75) is 32.6 Å². The van der Waals surface area contributed by atoms with Gasteiger partial charge in [0.1, 0.15) is 5.82 Å². The average Bonchev–Trinajstić information content (AvgIpc) is 2.02. The van der Waals surface area contributed by atoms with Gasteiger partial charge in [-0.15, -0.1) is 0 Å². The van der Waals surface area contributed by atoms with Crippen molar-refractivity contribution < 1.29 is 4.39 Å². The van der Waals surface area contributed by atoms with Crippen LogP contribution in [0.25, 0.3) is 0 Å². The molecule has 0 radical (unpaired) electrons. The molecule has 0 unspecified atom stereocenters. The van der Waals surface area contributed by atoms with E-state index < -0.39 is 0 Å². The van der Waals surface area contributed by atoms with E-state index in [1.807, 2.05) is 13.0 Å². The molecule has 0 aliphatic rings. The Bertz CT molecular complexity index is 318. The molecule has 0 spiro atoms. The van der Waals surface area contributed by atoms with Crippen LogP contribution in [0.4, 0.5) is 4.39 Å². The fourth-order valence-corrected chi connectivity index (χ4v) is 1.88. The minimum Gasteiger partial charge on any atom is -0.330 e. The second kappa shape index (κ2) is 4.09. The smallest absolute Gasteiger partial charge is 0.123 e. The molecule has 1 aromatic rings. The normalized spacial score (nSPS) is 11.8. The Labute approximate surface area is 85.1 Å². The number of nitrogens with two attached hydrogens (primary N) is 1. The maximum absolute atomic E-state index is 12.9. The first-order valence-electron chi connectivity index (χ1n) is 4.94. The lowest BCUT2D eigenvalue weighted by Crippen LogP contribution is -2.22. The highest BCUT2D eigenvalue weighted by Gasteiger charge is 2.21. The van der Waals surface area contributed by atoms with Crippen LogP contribution < -0.4 is 5.73 Å². The molecule has 14 heavy (non-hydrogen) atoms. The molecule has 0 heterocycles. The van der Waals surface area contributed by atoms with Crippen molar-refractivity contribution in [3.05, 3.63) is 35.1 Å². The van der Waals surface area contributed by atoms with E-state index in [4.69, 9.17) is 5.73 Å². The molecule has 0 saturated carbocycles. The third kappa shape index (κ3) is 2.32. The number of hydrogen-bond donors (Lipinski definition) is 1. The predicted molar refractivity (Wildman–Crippen MR) is 57.8 cm³/mol. The van der Waals surface area contributed by atoms with Gasteiger partial charge in [0.2, 0.25) is 0 Å². The van der Waals surface area contributed by atoms with E-state index in [-0.39, 0.29) is 11.2 Å². The molecule has 2 N–H and O–H groups in total. The second-order valence-electron chi connectivity index (χ2n) is 4.38. The molecule has 0 aromatic heterocycles. The highest BCUT2D eigenvalue weighted by Crippen LogP contribution is 2.29. The van der Waals surface area contributed by atoms with Crippen molar-refractivity contribution in [1.82, 2.24) is 0 Å². The lowest BCUT2D eigenvalue weighted by Gasteiger charge is -2.26. The highest BCUT2D eigenvalue weighted by molar-refractivity contribution is 5.32. The summed E-state index contributed by atoms with van der Waals surface area (Å²) in [6, 6.07) is 4.95. The van der Waals surface area contributed by atoms with Gasteiger partial charge in [-0.05, 0) is 48.6 Å². The number of aryl methyl sites for hydroxylation is 1. The Morgan fingerprint density at radius 1 is 1.36 bits per heavy atom. The Morgan fingerprint density at radius 3 is 2.50 bits per heavy atom. The number of benzene rings is 1. The van der Waals surface area contributed by atoms with Crippen LogP contribution in [-0.2, 0) is 5.41 Å². The van der Waals surface area contributed by atoms with E-state index in [1.165, 1.54) is 11.6 Å². The maximum Gasteiger partial charge on any atom is 0.123 e. The first-order chi connectivity index (χ1) is 6.47. The van der Waals surface area contributed by atoms with Gasteiger partial charge in [0, 0.05) is 0 Å². The monoisotopic (exact) mass is 195 g/mol. The minimum absolute atomic E-state index is 0.0343. The van der Waals surface area contributed by atoms with Crippen LogP contribution in [0, 0.1) is 12.7 Å². The highest BCUT2D eigenvalue weighted by atomic mass is 19.1. The molecule has 0 atom stereocenters. The van der Waals surface area contributed by atoms with Gasteiger partial charge in [0.05, 0.1) is 0 Å². The zero-order chi connectivity index (χ0) is 10.8.